The van der Waals surface area contributed by atoms with E-state index >= 15 is 0 Å². The van der Waals surface area contributed by atoms with Crippen molar-refractivity contribution in [2.45, 2.75) is 69.2 Å². The van der Waals surface area contributed by atoms with Crippen molar-refractivity contribution in [1.82, 2.24) is 14.8 Å². The maximum absolute atomic E-state index is 14.1. The molecular weight excluding hydrogens is 506 g/mol. The molecule has 2 atom stereocenters. The number of hydrogen-bond donors (Lipinski definition) is 2. The first-order chi connectivity index (χ1) is 20.1. The molecule has 41 heavy (non-hydrogen) atoms. The number of likely N-dealkylation sites (tertiary alicyclic amines) is 1. The predicted octanol–water partition coefficient (Wildman–Crippen LogP) is 6.96. The summed E-state index contributed by atoms with van der Waals surface area (Å²) in [6.07, 6.45) is 9.00. The second-order valence-electron chi connectivity index (χ2n) is 12.0. The van der Waals surface area contributed by atoms with Gasteiger partial charge in [-0.05, 0) is 67.8 Å². The Kier molecular flexibility index (Phi) is 8.16. The highest BCUT2D eigenvalue weighted by molar-refractivity contribution is 5.91. The fraction of sp³-hybridized carbons (Fsp3) is 0.417. The van der Waals surface area contributed by atoms with E-state index in [-0.39, 0.29) is 11.8 Å². The molecule has 214 valence electrons. The second-order valence-corrected chi connectivity index (χ2v) is 12.0. The van der Waals surface area contributed by atoms with Crippen LogP contribution in [0.3, 0.4) is 0 Å². The monoisotopic (exact) mass is 549 g/mol. The van der Waals surface area contributed by atoms with Crippen LogP contribution in [0.25, 0.3) is 10.8 Å². The minimum Gasteiger partial charge on any atom is -0.494 e. The lowest BCUT2D eigenvalue weighted by Gasteiger charge is -2.36. The number of benzene rings is 3. The molecule has 1 aliphatic carbocycles. The molecular formula is C36H43N3O2. The molecule has 2 N–H and O–H groups in total. The number of carbonyl (C=O) groups is 1. The zero-order valence-electron chi connectivity index (χ0n) is 24.3. The third-order valence-electron chi connectivity index (χ3n) is 9.63. The first-order valence-corrected chi connectivity index (χ1v) is 15.5. The maximum atomic E-state index is 14.1. The third-order valence-corrected chi connectivity index (χ3v) is 9.63. The van der Waals surface area contributed by atoms with Gasteiger partial charge in [0.2, 0.25) is 5.91 Å². The van der Waals surface area contributed by atoms with Gasteiger partial charge in [0.05, 0.1) is 5.41 Å². The van der Waals surface area contributed by atoms with Crippen LogP contribution in [0.1, 0.15) is 74.1 Å². The SMILES string of the molecule is CCCNC(=O)[C@]1(CCCCN2CCC(n3cc4ccccc4c3O)CC2)c2ccccc2C[C@H]1c1ccccc1. The van der Waals surface area contributed by atoms with E-state index in [9.17, 15) is 9.90 Å². The number of nitrogens with one attached hydrogen (secondary N) is 1. The van der Waals surface area contributed by atoms with Crippen molar-refractivity contribution in [2.24, 2.45) is 0 Å². The van der Waals surface area contributed by atoms with E-state index in [1.54, 1.807) is 0 Å². The summed E-state index contributed by atoms with van der Waals surface area (Å²) in [6.45, 7) is 5.96. The molecule has 1 amide bonds. The molecule has 6 rings (SSSR count). The van der Waals surface area contributed by atoms with Crippen LogP contribution in [0.2, 0.25) is 0 Å². The number of piperidine rings is 1. The van der Waals surface area contributed by atoms with Crippen LogP contribution in [0.5, 0.6) is 5.88 Å². The highest BCUT2D eigenvalue weighted by Crippen LogP contribution is 2.52. The molecule has 1 aliphatic heterocycles. The number of aromatic hydroxyl groups is 1. The van der Waals surface area contributed by atoms with E-state index in [0.29, 0.717) is 18.5 Å². The van der Waals surface area contributed by atoms with Gasteiger partial charge in [-0.25, -0.2) is 0 Å². The Balaban J connectivity index is 1.13. The van der Waals surface area contributed by atoms with Crippen molar-refractivity contribution in [2.75, 3.05) is 26.2 Å². The number of hydrogen-bond acceptors (Lipinski definition) is 3. The van der Waals surface area contributed by atoms with E-state index in [0.717, 1.165) is 75.4 Å². The molecule has 0 unspecified atom stereocenters. The van der Waals surface area contributed by atoms with Gasteiger partial charge in [-0.1, -0.05) is 86.1 Å². The van der Waals surface area contributed by atoms with Crippen LogP contribution in [-0.4, -0.2) is 46.7 Å². The van der Waals surface area contributed by atoms with Crippen LogP contribution in [0.4, 0.5) is 0 Å². The Hall–Kier alpha value is -3.57. The smallest absolute Gasteiger partial charge is 0.231 e. The lowest BCUT2D eigenvalue weighted by Crippen LogP contribution is -2.47. The lowest BCUT2D eigenvalue weighted by atomic mass is 9.68. The summed E-state index contributed by atoms with van der Waals surface area (Å²) in [5.41, 5.74) is 3.27. The summed E-state index contributed by atoms with van der Waals surface area (Å²) < 4.78 is 2.09. The topological polar surface area (TPSA) is 57.5 Å². The highest BCUT2D eigenvalue weighted by atomic mass is 16.3. The number of nitrogens with zero attached hydrogens (tertiary/aromatic N) is 2. The van der Waals surface area contributed by atoms with Gasteiger partial charge in [0.25, 0.3) is 0 Å². The predicted molar refractivity (Wildman–Crippen MR) is 166 cm³/mol. The fourth-order valence-corrected chi connectivity index (χ4v) is 7.50. The summed E-state index contributed by atoms with van der Waals surface area (Å²) >= 11 is 0. The number of carbonyl (C=O) groups excluding carboxylic acids is 1. The molecule has 1 aromatic heterocycles. The van der Waals surface area contributed by atoms with Gasteiger partial charge in [-0.15, -0.1) is 0 Å². The van der Waals surface area contributed by atoms with Crippen molar-refractivity contribution in [3.05, 3.63) is 102 Å². The largest absolute Gasteiger partial charge is 0.494 e. The Morgan fingerprint density at radius 1 is 0.951 bits per heavy atom. The van der Waals surface area contributed by atoms with Gasteiger partial charge in [-0.2, -0.15) is 0 Å². The lowest BCUT2D eigenvalue weighted by molar-refractivity contribution is -0.127. The second kappa shape index (κ2) is 12.1. The first kappa shape index (κ1) is 27.6. The van der Waals surface area contributed by atoms with E-state index in [4.69, 9.17) is 0 Å². The molecule has 2 aliphatic rings. The molecule has 4 aromatic rings. The number of unbranched alkanes of at least 4 members (excludes halogenated alkanes) is 1. The van der Waals surface area contributed by atoms with Crippen molar-refractivity contribution in [3.63, 3.8) is 0 Å². The van der Waals surface area contributed by atoms with E-state index in [2.05, 4.69) is 88.6 Å². The Bertz CT molecular complexity index is 1470. The Labute approximate surface area is 244 Å². The van der Waals surface area contributed by atoms with Crippen LogP contribution < -0.4 is 5.32 Å². The minimum absolute atomic E-state index is 0.151. The highest BCUT2D eigenvalue weighted by Gasteiger charge is 2.52. The molecule has 5 nitrogen and oxygen atoms in total. The van der Waals surface area contributed by atoms with Gasteiger partial charge in [0.15, 0.2) is 5.88 Å². The van der Waals surface area contributed by atoms with Gasteiger partial charge in [0, 0.05) is 48.6 Å². The fourth-order valence-electron chi connectivity index (χ4n) is 7.50. The summed E-state index contributed by atoms with van der Waals surface area (Å²) in [6, 6.07) is 27.7. The number of amides is 1. The van der Waals surface area contributed by atoms with Crippen LogP contribution in [0, 0.1) is 0 Å². The van der Waals surface area contributed by atoms with Gasteiger partial charge in [0.1, 0.15) is 0 Å². The Morgan fingerprint density at radius 3 is 2.46 bits per heavy atom. The molecule has 0 bridgehead atoms. The Morgan fingerprint density at radius 2 is 1.68 bits per heavy atom. The van der Waals surface area contributed by atoms with E-state index in [1.165, 1.54) is 16.7 Å². The minimum atomic E-state index is -0.534. The maximum Gasteiger partial charge on any atom is 0.231 e. The first-order valence-electron chi connectivity index (χ1n) is 15.5. The molecule has 3 aromatic carbocycles. The van der Waals surface area contributed by atoms with Gasteiger partial charge >= 0.3 is 0 Å². The number of fused-ring (bicyclic) bond motifs is 2. The normalized spacial score (nSPS) is 21.2. The molecule has 1 saturated heterocycles. The van der Waals surface area contributed by atoms with Crippen molar-refractivity contribution in [1.29, 1.82) is 0 Å². The molecule has 5 heteroatoms. The number of aromatic nitrogens is 1. The summed E-state index contributed by atoms with van der Waals surface area (Å²) in [7, 11) is 0. The molecule has 0 radical (unpaired) electrons. The average Bonchev–Trinajstić information content (AvgIpc) is 3.54. The van der Waals surface area contributed by atoms with Crippen LogP contribution in [-0.2, 0) is 16.6 Å². The van der Waals surface area contributed by atoms with Crippen LogP contribution in [0.15, 0.2) is 85.1 Å². The average molecular weight is 550 g/mol. The molecule has 1 fully saturated rings. The zero-order chi connectivity index (χ0) is 28.2. The van der Waals surface area contributed by atoms with Crippen molar-refractivity contribution in [3.8, 4) is 5.88 Å². The third kappa shape index (κ3) is 5.28. The quantitative estimate of drug-likeness (QED) is 0.210. The molecule has 2 heterocycles. The zero-order valence-corrected chi connectivity index (χ0v) is 24.3. The molecule has 0 saturated carbocycles. The van der Waals surface area contributed by atoms with E-state index in [1.807, 2.05) is 18.2 Å². The van der Waals surface area contributed by atoms with Gasteiger partial charge < -0.3 is 19.9 Å². The van der Waals surface area contributed by atoms with E-state index < -0.39 is 5.41 Å². The van der Waals surface area contributed by atoms with Crippen LogP contribution >= 0.6 is 0 Å². The summed E-state index contributed by atoms with van der Waals surface area (Å²) in [5.74, 6) is 0.742. The van der Waals surface area contributed by atoms with Gasteiger partial charge in [-0.3, -0.25) is 4.79 Å². The molecule has 0 spiro atoms. The number of rotatable bonds is 10. The summed E-state index contributed by atoms with van der Waals surface area (Å²) in [4.78, 5) is 16.7. The van der Waals surface area contributed by atoms with Crippen molar-refractivity contribution >= 4 is 16.7 Å². The standard InChI is InChI=1S/C36H43N3O2/c1-2-21-37-35(41)36(32-17-9-7-14-28(32)25-33(36)27-12-4-3-5-13-27)20-10-11-22-38-23-18-30(19-24-38)39-26-29-15-6-8-16-31(29)34(39)40/h3-9,12-17,26,30,33,40H,2,10-11,18-25H2,1H3,(H,37,41)/t33-,36+/m0/s1. The summed E-state index contributed by atoms with van der Waals surface area (Å²) in [5, 5.41) is 16.1. The van der Waals surface area contributed by atoms with Crippen molar-refractivity contribution < 1.29 is 9.90 Å².